The van der Waals surface area contributed by atoms with Crippen LogP contribution in [-0.2, 0) is 13.0 Å². The van der Waals surface area contributed by atoms with Gasteiger partial charge in [-0.05, 0) is 73.8 Å². The standard InChI is InChI=1S/C20H23N3O2S/c24-17-7-5-15(6-8-17)3-4-16-9-11-23(12-10-16)14-19-21-20(22-25-19)18-2-1-13-26-18/h1-2,5-8,13,16,24H,3-4,9-12,14H2. The van der Waals surface area contributed by atoms with E-state index in [2.05, 4.69) is 15.0 Å². The van der Waals surface area contributed by atoms with Gasteiger partial charge in [-0.25, -0.2) is 0 Å². The molecule has 0 amide bonds. The fourth-order valence-electron chi connectivity index (χ4n) is 3.48. The van der Waals surface area contributed by atoms with Crippen LogP contribution in [0.25, 0.3) is 10.7 Å². The zero-order valence-electron chi connectivity index (χ0n) is 14.7. The zero-order chi connectivity index (χ0) is 17.8. The number of rotatable bonds is 6. The van der Waals surface area contributed by atoms with Crippen LogP contribution in [0, 0.1) is 5.92 Å². The Morgan fingerprint density at radius 2 is 1.96 bits per heavy atom. The quantitative estimate of drug-likeness (QED) is 0.700. The molecule has 1 aliphatic heterocycles. The van der Waals surface area contributed by atoms with Crippen molar-refractivity contribution in [2.24, 2.45) is 5.92 Å². The number of hydrogen-bond donors (Lipinski definition) is 1. The van der Waals surface area contributed by atoms with Crippen LogP contribution in [0.1, 0.15) is 30.7 Å². The van der Waals surface area contributed by atoms with Gasteiger partial charge >= 0.3 is 0 Å². The second kappa shape index (κ2) is 8.01. The summed E-state index contributed by atoms with van der Waals surface area (Å²) in [6, 6.07) is 11.6. The minimum atomic E-state index is 0.338. The van der Waals surface area contributed by atoms with E-state index in [4.69, 9.17) is 4.52 Å². The highest BCUT2D eigenvalue weighted by Gasteiger charge is 2.21. The second-order valence-electron chi connectivity index (χ2n) is 6.91. The van der Waals surface area contributed by atoms with Gasteiger partial charge in [-0.15, -0.1) is 11.3 Å². The molecule has 1 fully saturated rings. The molecule has 1 aliphatic rings. The van der Waals surface area contributed by atoms with E-state index in [1.807, 2.05) is 29.6 Å². The Hall–Kier alpha value is -2.18. The highest BCUT2D eigenvalue weighted by atomic mass is 32.1. The third-order valence-electron chi connectivity index (χ3n) is 5.05. The molecular formula is C20H23N3O2S. The van der Waals surface area contributed by atoms with Crippen molar-refractivity contribution in [1.82, 2.24) is 15.0 Å². The largest absolute Gasteiger partial charge is 0.508 e. The molecule has 1 aromatic carbocycles. The molecule has 1 saturated heterocycles. The number of nitrogens with zero attached hydrogens (tertiary/aromatic N) is 3. The molecule has 0 unspecified atom stereocenters. The molecule has 6 heteroatoms. The van der Waals surface area contributed by atoms with Gasteiger partial charge in [-0.2, -0.15) is 4.98 Å². The molecule has 0 radical (unpaired) electrons. The third kappa shape index (κ3) is 4.31. The van der Waals surface area contributed by atoms with Gasteiger partial charge < -0.3 is 9.63 Å². The maximum absolute atomic E-state index is 9.36. The lowest BCUT2D eigenvalue weighted by Crippen LogP contribution is -2.33. The Morgan fingerprint density at radius 1 is 1.15 bits per heavy atom. The van der Waals surface area contributed by atoms with E-state index in [0.717, 1.165) is 36.9 Å². The average molecular weight is 369 g/mol. The van der Waals surface area contributed by atoms with Gasteiger partial charge in [0.1, 0.15) is 5.75 Å². The number of aryl methyl sites for hydroxylation is 1. The lowest BCUT2D eigenvalue weighted by Gasteiger charge is -2.30. The summed E-state index contributed by atoms with van der Waals surface area (Å²) in [6.45, 7) is 2.90. The molecule has 3 heterocycles. The smallest absolute Gasteiger partial charge is 0.241 e. The number of likely N-dealkylation sites (tertiary alicyclic amines) is 1. The van der Waals surface area contributed by atoms with Crippen molar-refractivity contribution in [3.63, 3.8) is 0 Å². The van der Waals surface area contributed by atoms with Crippen LogP contribution in [0.2, 0.25) is 0 Å². The van der Waals surface area contributed by atoms with Crippen molar-refractivity contribution in [2.45, 2.75) is 32.2 Å². The molecule has 136 valence electrons. The fourth-order valence-corrected chi connectivity index (χ4v) is 4.13. The van der Waals surface area contributed by atoms with Crippen LogP contribution in [0.5, 0.6) is 5.75 Å². The van der Waals surface area contributed by atoms with Crippen molar-refractivity contribution in [3.05, 3.63) is 53.2 Å². The first-order valence-electron chi connectivity index (χ1n) is 9.13. The lowest BCUT2D eigenvalue weighted by atomic mass is 9.90. The number of phenols is 1. The summed E-state index contributed by atoms with van der Waals surface area (Å²) >= 11 is 1.63. The van der Waals surface area contributed by atoms with E-state index in [-0.39, 0.29) is 0 Å². The monoisotopic (exact) mass is 369 g/mol. The first-order valence-corrected chi connectivity index (χ1v) is 10.0. The normalized spacial score (nSPS) is 16.2. The van der Waals surface area contributed by atoms with E-state index >= 15 is 0 Å². The summed E-state index contributed by atoms with van der Waals surface area (Å²) in [5.74, 6) is 2.50. The Labute approximate surface area is 157 Å². The molecule has 26 heavy (non-hydrogen) atoms. The lowest BCUT2D eigenvalue weighted by molar-refractivity contribution is 0.155. The number of phenolic OH excluding ortho intramolecular Hbond substituents is 1. The number of hydrogen-bond acceptors (Lipinski definition) is 6. The third-order valence-corrected chi connectivity index (χ3v) is 5.92. The summed E-state index contributed by atoms with van der Waals surface area (Å²) < 4.78 is 5.42. The molecule has 2 aromatic heterocycles. The fraction of sp³-hybridized carbons (Fsp3) is 0.400. The maximum atomic E-state index is 9.36. The summed E-state index contributed by atoms with van der Waals surface area (Å²) in [4.78, 5) is 7.97. The predicted octanol–water partition coefficient (Wildman–Crippen LogP) is 4.35. The van der Waals surface area contributed by atoms with Crippen molar-refractivity contribution >= 4 is 11.3 Å². The molecule has 5 nitrogen and oxygen atoms in total. The second-order valence-corrected chi connectivity index (χ2v) is 7.86. The van der Waals surface area contributed by atoms with Gasteiger partial charge in [0.25, 0.3) is 0 Å². The number of piperidine rings is 1. The van der Waals surface area contributed by atoms with E-state index < -0.39 is 0 Å². The highest BCUT2D eigenvalue weighted by molar-refractivity contribution is 7.13. The maximum Gasteiger partial charge on any atom is 0.241 e. The van der Waals surface area contributed by atoms with E-state index in [1.165, 1.54) is 24.8 Å². The topological polar surface area (TPSA) is 62.4 Å². The summed E-state index contributed by atoms with van der Waals surface area (Å²) in [5.41, 5.74) is 1.30. The van der Waals surface area contributed by atoms with Crippen LogP contribution in [0.3, 0.4) is 0 Å². The summed E-state index contributed by atoms with van der Waals surface area (Å²) in [5, 5.41) is 15.5. The van der Waals surface area contributed by atoms with Gasteiger partial charge in [0.2, 0.25) is 11.7 Å². The molecule has 0 spiro atoms. The number of benzene rings is 1. The Bertz CT molecular complexity index is 806. The van der Waals surface area contributed by atoms with Gasteiger partial charge in [0.05, 0.1) is 11.4 Å². The van der Waals surface area contributed by atoms with Crippen molar-refractivity contribution in [1.29, 1.82) is 0 Å². The Morgan fingerprint density at radius 3 is 2.69 bits per heavy atom. The molecular weight excluding hydrogens is 346 g/mol. The Balaban J connectivity index is 1.23. The van der Waals surface area contributed by atoms with E-state index in [0.29, 0.717) is 17.5 Å². The molecule has 0 aliphatic carbocycles. The predicted molar refractivity (Wildman–Crippen MR) is 102 cm³/mol. The SMILES string of the molecule is Oc1ccc(CCC2CCN(Cc3nc(-c4cccs4)no3)CC2)cc1. The summed E-state index contributed by atoms with van der Waals surface area (Å²) in [6.07, 6.45) is 4.72. The number of aromatic hydroxyl groups is 1. The van der Waals surface area contributed by atoms with Crippen LogP contribution in [0.15, 0.2) is 46.3 Å². The first-order chi connectivity index (χ1) is 12.8. The minimum Gasteiger partial charge on any atom is -0.508 e. The minimum absolute atomic E-state index is 0.338. The van der Waals surface area contributed by atoms with Gasteiger partial charge in [0.15, 0.2) is 0 Å². The van der Waals surface area contributed by atoms with Crippen molar-refractivity contribution < 1.29 is 9.63 Å². The van der Waals surface area contributed by atoms with E-state index in [9.17, 15) is 5.11 Å². The van der Waals surface area contributed by atoms with Gasteiger partial charge in [-0.1, -0.05) is 23.4 Å². The molecule has 0 saturated carbocycles. The van der Waals surface area contributed by atoms with Crippen LogP contribution in [0.4, 0.5) is 0 Å². The molecule has 1 N–H and O–H groups in total. The first kappa shape index (κ1) is 17.2. The van der Waals surface area contributed by atoms with Crippen molar-refractivity contribution in [3.8, 4) is 16.5 Å². The number of thiophene rings is 1. The van der Waals surface area contributed by atoms with Gasteiger partial charge in [0, 0.05) is 0 Å². The summed E-state index contributed by atoms with van der Waals surface area (Å²) in [7, 11) is 0. The Kier molecular flexibility index (Phi) is 5.32. The molecule has 0 bridgehead atoms. The van der Waals surface area contributed by atoms with Gasteiger partial charge in [-0.3, -0.25) is 4.90 Å². The zero-order valence-corrected chi connectivity index (χ0v) is 15.5. The van der Waals surface area contributed by atoms with E-state index in [1.54, 1.807) is 23.5 Å². The van der Waals surface area contributed by atoms with Crippen LogP contribution < -0.4 is 0 Å². The van der Waals surface area contributed by atoms with Crippen LogP contribution >= 0.6 is 11.3 Å². The number of aromatic nitrogens is 2. The molecule has 3 aromatic rings. The highest BCUT2D eigenvalue weighted by Crippen LogP contribution is 2.25. The average Bonchev–Trinajstić information content (AvgIpc) is 3.34. The molecule has 0 atom stereocenters. The van der Waals surface area contributed by atoms with Crippen molar-refractivity contribution in [2.75, 3.05) is 13.1 Å². The van der Waals surface area contributed by atoms with Crippen LogP contribution in [-0.4, -0.2) is 33.2 Å². The molecule has 4 rings (SSSR count).